The topological polar surface area (TPSA) is 38.7 Å². The fourth-order valence-corrected chi connectivity index (χ4v) is 1.20. The fourth-order valence-electron chi connectivity index (χ4n) is 1.20. The van der Waals surface area contributed by atoms with Crippen molar-refractivity contribution in [3.05, 3.63) is 36.4 Å². The van der Waals surface area contributed by atoms with Crippen LogP contribution in [0.3, 0.4) is 0 Å². The van der Waals surface area contributed by atoms with Crippen LogP contribution in [0.2, 0.25) is 0 Å². The van der Waals surface area contributed by atoms with Crippen molar-refractivity contribution < 1.29 is 14.6 Å². The van der Waals surface area contributed by atoms with Gasteiger partial charge in [0.2, 0.25) is 0 Å². The van der Waals surface area contributed by atoms with E-state index in [1.165, 1.54) is 6.08 Å². The van der Waals surface area contributed by atoms with Gasteiger partial charge in [-0.25, -0.2) is 0 Å². The molecule has 14 heavy (non-hydrogen) atoms. The lowest BCUT2D eigenvalue weighted by atomic mass is 10.1. The van der Waals surface area contributed by atoms with E-state index < -0.39 is 6.10 Å². The Morgan fingerprint density at radius 1 is 1.36 bits per heavy atom. The first-order valence-corrected chi connectivity index (χ1v) is 4.25. The van der Waals surface area contributed by atoms with Crippen LogP contribution in [0.25, 0.3) is 0 Å². The number of benzene rings is 1. The maximum Gasteiger partial charge on any atom is 0.125 e. The molecule has 1 N–H and O–H groups in total. The minimum absolute atomic E-state index is 0.623. The van der Waals surface area contributed by atoms with Gasteiger partial charge in [-0.05, 0) is 18.2 Å². The Morgan fingerprint density at radius 2 is 2.07 bits per heavy atom. The molecule has 0 amide bonds. The summed E-state index contributed by atoms with van der Waals surface area (Å²) in [7, 11) is 3.13. The van der Waals surface area contributed by atoms with Gasteiger partial charge in [0, 0.05) is 5.56 Å². The second kappa shape index (κ2) is 4.67. The monoisotopic (exact) mass is 194 g/mol. The molecule has 1 aromatic carbocycles. The van der Waals surface area contributed by atoms with Crippen molar-refractivity contribution in [3.63, 3.8) is 0 Å². The third-order valence-electron chi connectivity index (χ3n) is 1.98. The van der Waals surface area contributed by atoms with Gasteiger partial charge in [0.05, 0.1) is 14.2 Å². The van der Waals surface area contributed by atoms with Gasteiger partial charge < -0.3 is 14.6 Å². The van der Waals surface area contributed by atoms with Crippen molar-refractivity contribution >= 4 is 0 Å². The molecule has 3 nitrogen and oxygen atoms in total. The molecule has 1 atom stereocenters. The first-order valence-electron chi connectivity index (χ1n) is 4.25. The van der Waals surface area contributed by atoms with Crippen molar-refractivity contribution in [2.75, 3.05) is 14.2 Å². The molecule has 0 radical (unpaired) electrons. The van der Waals surface area contributed by atoms with Crippen LogP contribution in [0.4, 0.5) is 0 Å². The van der Waals surface area contributed by atoms with Crippen LogP contribution in [-0.4, -0.2) is 19.3 Å². The predicted molar refractivity (Wildman–Crippen MR) is 54.7 cm³/mol. The molecule has 0 aliphatic carbocycles. The number of aliphatic hydroxyl groups excluding tert-OH is 1. The zero-order valence-corrected chi connectivity index (χ0v) is 8.36. The standard InChI is InChI=1S/C11H14O3/c1-4-10(12)9-7-8(13-2)5-6-11(9)14-3/h4-7,10,12H,1H2,2-3H3/t10-/m1/s1. The Kier molecular flexibility index (Phi) is 3.54. The third kappa shape index (κ3) is 2.06. The van der Waals surface area contributed by atoms with Crippen molar-refractivity contribution in [1.29, 1.82) is 0 Å². The molecule has 76 valence electrons. The molecule has 1 aromatic rings. The average molecular weight is 194 g/mol. The number of hydrogen-bond acceptors (Lipinski definition) is 3. The van der Waals surface area contributed by atoms with Gasteiger partial charge in [0.25, 0.3) is 0 Å². The normalized spacial score (nSPS) is 11.9. The Bertz CT molecular complexity index is 320. The number of aliphatic hydroxyl groups is 1. The number of methoxy groups -OCH3 is 2. The lowest BCUT2D eigenvalue weighted by Gasteiger charge is -2.12. The summed E-state index contributed by atoms with van der Waals surface area (Å²) in [5, 5.41) is 9.61. The highest BCUT2D eigenvalue weighted by Gasteiger charge is 2.10. The van der Waals surface area contributed by atoms with Gasteiger partial charge in [0.15, 0.2) is 0 Å². The summed E-state index contributed by atoms with van der Waals surface area (Å²) in [6.07, 6.45) is 0.706. The van der Waals surface area contributed by atoms with Crippen molar-refractivity contribution in [2.24, 2.45) is 0 Å². The van der Waals surface area contributed by atoms with Crippen LogP contribution in [0, 0.1) is 0 Å². The Balaban J connectivity index is 3.14. The van der Waals surface area contributed by atoms with Crippen LogP contribution >= 0.6 is 0 Å². The zero-order chi connectivity index (χ0) is 10.6. The van der Waals surface area contributed by atoms with Gasteiger partial charge in [-0.3, -0.25) is 0 Å². The SMILES string of the molecule is C=C[C@@H](O)c1cc(OC)ccc1OC. The molecule has 1 rings (SSSR count). The summed E-state index contributed by atoms with van der Waals surface area (Å²) < 4.78 is 10.2. The van der Waals surface area contributed by atoms with E-state index in [1.807, 2.05) is 0 Å². The Morgan fingerprint density at radius 3 is 2.57 bits per heavy atom. The maximum atomic E-state index is 9.61. The largest absolute Gasteiger partial charge is 0.497 e. The smallest absolute Gasteiger partial charge is 0.125 e. The molecular formula is C11H14O3. The number of hydrogen-bond donors (Lipinski definition) is 1. The van der Waals surface area contributed by atoms with Gasteiger partial charge in [-0.2, -0.15) is 0 Å². The van der Waals surface area contributed by atoms with E-state index in [4.69, 9.17) is 9.47 Å². The lowest BCUT2D eigenvalue weighted by Crippen LogP contribution is -1.98. The van der Waals surface area contributed by atoms with Crippen LogP contribution in [0.5, 0.6) is 11.5 Å². The molecule has 0 aliphatic rings. The second-order valence-corrected chi connectivity index (χ2v) is 2.79. The highest BCUT2D eigenvalue weighted by Crippen LogP contribution is 2.29. The quantitative estimate of drug-likeness (QED) is 0.744. The summed E-state index contributed by atoms with van der Waals surface area (Å²) in [5.41, 5.74) is 0.654. The van der Waals surface area contributed by atoms with E-state index in [0.717, 1.165) is 0 Å². The fraction of sp³-hybridized carbons (Fsp3) is 0.273. The Hall–Kier alpha value is -1.48. The number of rotatable bonds is 4. The molecule has 3 heteroatoms. The summed E-state index contributed by atoms with van der Waals surface area (Å²) in [5.74, 6) is 1.31. The summed E-state index contributed by atoms with van der Waals surface area (Å²) in [4.78, 5) is 0. The summed E-state index contributed by atoms with van der Waals surface area (Å²) in [6.45, 7) is 3.52. The lowest BCUT2D eigenvalue weighted by molar-refractivity contribution is 0.222. The summed E-state index contributed by atoms with van der Waals surface area (Å²) >= 11 is 0. The molecule has 0 aromatic heterocycles. The summed E-state index contributed by atoms with van der Waals surface area (Å²) in [6, 6.07) is 5.25. The van der Waals surface area contributed by atoms with Crippen molar-refractivity contribution in [2.45, 2.75) is 6.10 Å². The molecule has 0 bridgehead atoms. The molecule has 0 unspecified atom stereocenters. The molecule has 0 saturated heterocycles. The molecule has 0 aliphatic heterocycles. The molecule has 0 fully saturated rings. The highest BCUT2D eigenvalue weighted by molar-refractivity contribution is 5.42. The second-order valence-electron chi connectivity index (χ2n) is 2.79. The van der Waals surface area contributed by atoms with Gasteiger partial charge in [-0.1, -0.05) is 6.08 Å². The van der Waals surface area contributed by atoms with E-state index in [9.17, 15) is 5.11 Å². The first kappa shape index (κ1) is 10.6. The van der Waals surface area contributed by atoms with E-state index in [-0.39, 0.29) is 0 Å². The van der Waals surface area contributed by atoms with Gasteiger partial charge in [-0.15, -0.1) is 6.58 Å². The van der Waals surface area contributed by atoms with E-state index >= 15 is 0 Å². The van der Waals surface area contributed by atoms with Crippen molar-refractivity contribution in [3.8, 4) is 11.5 Å². The number of ether oxygens (including phenoxy) is 2. The predicted octanol–water partition coefficient (Wildman–Crippen LogP) is 1.92. The van der Waals surface area contributed by atoms with Crippen LogP contribution < -0.4 is 9.47 Å². The minimum Gasteiger partial charge on any atom is -0.497 e. The highest BCUT2D eigenvalue weighted by atomic mass is 16.5. The van der Waals surface area contributed by atoms with Crippen LogP contribution in [-0.2, 0) is 0 Å². The minimum atomic E-state index is -0.736. The maximum absolute atomic E-state index is 9.61. The van der Waals surface area contributed by atoms with Gasteiger partial charge in [0.1, 0.15) is 17.6 Å². The third-order valence-corrected chi connectivity index (χ3v) is 1.98. The van der Waals surface area contributed by atoms with E-state index in [0.29, 0.717) is 17.1 Å². The van der Waals surface area contributed by atoms with E-state index in [2.05, 4.69) is 6.58 Å². The molecular weight excluding hydrogens is 180 g/mol. The molecule has 0 heterocycles. The molecule has 0 saturated carbocycles. The molecule has 0 spiro atoms. The average Bonchev–Trinajstić information content (AvgIpc) is 2.27. The first-order chi connectivity index (χ1) is 6.72. The van der Waals surface area contributed by atoms with E-state index in [1.54, 1.807) is 32.4 Å². The van der Waals surface area contributed by atoms with Crippen LogP contribution in [0.15, 0.2) is 30.9 Å². The van der Waals surface area contributed by atoms with Crippen LogP contribution in [0.1, 0.15) is 11.7 Å². The van der Waals surface area contributed by atoms with Crippen molar-refractivity contribution in [1.82, 2.24) is 0 Å². The van der Waals surface area contributed by atoms with Gasteiger partial charge >= 0.3 is 0 Å². The zero-order valence-electron chi connectivity index (χ0n) is 8.36. The Labute approximate surface area is 83.6 Å².